The molecule has 2 N–H and O–H groups in total. The first-order chi connectivity index (χ1) is 8.22. The zero-order valence-corrected chi connectivity index (χ0v) is 10.8. The summed E-state index contributed by atoms with van der Waals surface area (Å²) in [6.45, 7) is 5.38. The van der Waals surface area contributed by atoms with Crippen LogP contribution in [-0.2, 0) is 0 Å². The maximum Gasteiger partial charge on any atom is 0.131 e. The summed E-state index contributed by atoms with van der Waals surface area (Å²) in [6.07, 6.45) is 7.82. The van der Waals surface area contributed by atoms with E-state index in [1.54, 1.807) is 6.33 Å². The van der Waals surface area contributed by atoms with Gasteiger partial charge in [0.25, 0.3) is 0 Å². The van der Waals surface area contributed by atoms with Gasteiger partial charge in [-0.05, 0) is 26.2 Å². The van der Waals surface area contributed by atoms with Crippen molar-refractivity contribution in [3.05, 3.63) is 12.4 Å². The molecule has 1 fully saturated rings. The summed E-state index contributed by atoms with van der Waals surface area (Å²) in [5.74, 6) is 1.84. The van der Waals surface area contributed by atoms with Crippen molar-refractivity contribution in [3.63, 3.8) is 0 Å². The van der Waals surface area contributed by atoms with Gasteiger partial charge >= 0.3 is 0 Å². The molecule has 1 aromatic heterocycles. The molecule has 0 aromatic carbocycles. The van der Waals surface area contributed by atoms with Gasteiger partial charge in [-0.2, -0.15) is 0 Å². The third-order valence-corrected chi connectivity index (χ3v) is 3.36. The highest BCUT2D eigenvalue weighted by molar-refractivity contribution is 5.47. The molecule has 1 heterocycles. The molecule has 2 rings (SSSR count). The maximum atomic E-state index is 4.29. The second kappa shape index (κ2) is 5.34. The van der Waals surface area contributed by atoms with Gasteiger partial charge in [0.2, 0.25) is 0 Å². The smallest absolute Gasteiger partial charge is 0.131 e. The van der Waals surface area contributed by atoms with Gasteiger partial charge in [-0.1, -0.05) is 19.8 Å². The summed E-state index contributed by atoms with van der Waals surface area (Å²) in [4.78, 5) is 8.51. The lowest BCUT2D eigenvalue weighted by Gasteiger charge is -2.26. The molecule has 4 heteroatoms. The van der Waals surface area contributed by atoms with Crippen molar-refractivity contribution in [2.75, 3.05) is 17.2 Å². The zero-order chi connectivity index (χ0) is 12.1. The van der Waals surface area contributed by atoms with Crippen LogP contribution < -0.4 is 10.6 Å². The normalized spacial score (nSPS) is 18.0. The van der Waals surface area contributed by atoms with E-state index in [9.17, 15) is 0 Å². The molecular formula is C13H22N4. The van der Waals surface area contributed by atoms with E-state index in [0.29, 0.717) is 0 Å². The molecule has 0 unspecified atom stereocenters. The third-order valence-electron chi connectivity index (χ3n) is 3.36. The van der Waals surface area contributed by atoms with Gasteiger partial charge in [-0.25, -0.2) is 9.97 Å². The Kier molecular flexibility index (Phi) is 3.82. The summed E-state index contributed by atoms with van der Waals surface area (Å²) in [6, 6.07) is 2.00. The number of aromatic nitrogens is 2. The van der Waals surface area contributed by atoms with Crippen LogP contribution in [0, 0.1) is 0 Å². The molecule has 1 aliphatic rings. The molecule has 1 saturated carbocycles. The minimum absolute atomic E-state index is 0.219. The van der Waals surface area contributed by atoms with Crippen molar-refractivity contribution in [3.8, 4) is 0 Å². The molecule has 17 heavy (non-hydrogen) atoms. The van der Waals surface area contributed by atoms with Gasteiger partial charge in [0, 0.05) is 18.2 Å². The van der Waals surface area contributed by atoms with Gasteiger partial charge in [-0.3, -0.25) is 0 Å². The van der Waals surface area contributed by atoms with Crippen LogP contribution >= 0.6 is 0 Å². The van der Waals surface area contributed by atoms with Gasteiger partial charge < -0.3 is 10.6 Å². The van der Waals surface area contributed by atoms with E-state index in [1.807, 2.05) is 6.07 Å². The number of hydrogen-bond acceptors (Lipinski definition) is 4. The number of nitrogens with one attached hydrogen (secondary N) is 2. The highest BCUT2D eigenvalue weighted by Gasteiger charge is 2.28. The molecule has 0 saturated heterocycles. The molecule has 0 aliphatic heterocycles. The van der Waals surface area contributed by atoms with Crippen molar-refractivity contribution in [2.24, 2.45) is 0 Å². The van der Waals surface area contributed by atoms with E-state index in [1.165, 1.54) is 25.7 Å². The van der Waals surface area contributed by atoms with E-state index >= 15 is 0 Å². The van der Waals surface area contributed by atoms with Crippen LogP contribution in [-0.4, -0.2) is 22.1 Å². The van der Waals surface area contributed by atoms with E-state index < -0.39 is 0 Å². The largest absolute Gasteiger partial charge is 0.370 e. The standard InChI is InChI=1S/C13H22N4/c1-3-8-14-11-9-12(16-10-15-11)17-13(2)6-4-5-7-13/h9-10H,3-8H2,1-2H3,(H2,14,15,16,17). The minimum atomic E-state index is 0.219. The lowest BCUT2D eigenvalue weighted by Crippen LogP contribution is -2.31. The Labute approximate surface area is 103 Å². The average molecular weight is 234 g/mol. The van der Waals surface area contributed by atoms with E-state index in [4.69, 9.17) is 0 Å². The minimum Gasteiger partial charge on any atom is -0.370 e. The van der Waals surface area contributed by atoms with Crippen molar-refractivity contribution in [1.82, 2.24) is 9.97 Å². The van der Waals surface area contributed by atoms with Crippen molar-refractivity contribution < 1.29 is 0 Å². The molecule has 0 atom stereocenters. The van der Waals surface area contributed by atoms with Gasteiger partial charge in [0.15, 0.2) is 0 Å². The molecule has 4 nitrogen and oxygen atoms in total. The highest BCUT2D eigenvalue weighted by atomic mass is 15.1. The topological polar surface area (TPSA) is 49.8 Å². The molecule has 0 radical (unpaired) electrons. The fourth-order valence-electron chi connectivity index (χ4n) is 2.36. The predicted octanol–water partition coefficient (Wildman–Crippen LogP) is 3.04. The fourth-order valence-corrected chi connectivity index (χ4v) is 2.36. The van der Waals surface area contributed by atoms with Crippen LogP contribution in [0.25, 0.3) is 0 Å². The Morgan fingerprint density at radius 2 is 1.94 bits per heavy atom. The second-order valence-corrected chi connectivity index (χ2v) is 5.11. The van der Waals surface area contributed by atoms with E-state index in [2.05, 4.69) is 34.4 Å². The molecule has 0 bridgehead atoms. The number of anilines is 2. The molecule has 1 aliphatic carbocycles. The predicted molar refractivity (Wildman–Crippen MR) is 71.3 cm³/mol. The Bertz CT molecular complexity index is 358. The fraction of sp³-hybridized carbons (Fsp3) is 0.692. The van der Waals surface area contributed by atoms with Crippen LogP contribution in [0.4, 0.5) is 11.6 Å². The first-order valence-electron chi connectivity index (χ1n) is 6.56. The Morgan fingerprint density at radius 1 is 1.24 bits per heavy atom. The van der Waals surface area contributed by atoms with E-state index in [0.717, 1.165) is 24.6 Å². The second-order valence-electron chi connectivity index (χ2n) is 5.11. The van der Waals surface area contributed by atoms with Crippen molar-refractivity contribution >= 4 is 11.6 Å². The average Bonchev–Trinajstić information content (AvgIpc) is 2.73. The first-order valence-corrected chi connectivity index (χ1v) is 6.56. The SMILES string of the molecule is CCCNc1cc(NC2(C)CCCC2)ncn1. The van der Waals surface area contributed by atoms with Crippen LogP contribution in [0.3, 0.4) is 0 Å². The number of rotatable bonds is 5. The van der Waals surface area contributed by atoms with Crippen molar-refractivity contribution in [2.45, 2.75) is 51.5 Å². The quantitative estimate of drug-likeness (QED) is 0.822. The highest BCUT2D eigenvalue weighted by Crippen LogP contribution is 2.32. The molecule has 1 aromatic rings. The number of nitrogens with zero attached hydrogens (tertiary/aromatic N) is 2. The van der Waals surface area contributed by atoms with Gasteiger partial charge in [0.05, 0.1) is 0 Å². The first kappa shape index (κ1) is 12.1. The lowest BCUT2D eigenvalue weighted by atomic mass is 10.0. The molecule has 0 spiro atoms. The maximum absolute atomic E-state index is 4.29. The molecule has 94 valence electrons. The monoisotopic (exact) mass is 234 g/mol. The van der Waals surface area contributed by atoms with E-state index in [-0.39, 0.29) is 5.54 Å². The number of hydrogen-bond donors (Lipinski definition) is 2. The van der Waals surface area contributed by atoms with Gasteiger partial charge in [-0.15, -0.1) is 0 Å². The Morgan fingerprint density at radius 3 is 2.65 bits per heavy atom. The third kappa shape index (κ3) is 3.32. The summed E-state index contributed by atoms with van der Waals surface area (Å²) in [7, 11) is 0. The summed E-state index contributed by atoms with van der Waals surface area (Å²) >= 11 is 0. The molecule has 0 amide bonds. The lowest BCUT2D eigenvalue weighted by molar-refractivity contribution is 0.531. The zero-order valence-electron chi connectivity index (χ0n) is 10.8. The van der Waals surface area contributed by atoms with Crippen LogP contribution in [0.2, 0.25) is 0 Å². The summed E-state index contributed by atoms with van der Waals surface area (Å²) in [5.41, 5.74) is 0.219. The Hall–Kier alpha value is -1.32. The van der Waals surface area contributed by atoms with Crippen LogP contribution in [0.15, 0.2) is 12.4 Å². The Balaban J connectivity index is 2.00. The molecular weight excluding hydrogens is 212 g/mol. The van der Waals surface area contributed by atoms with Crippen molar-refractivity contribution in [1.29, 1.82) is 0 Å². The van der Waals surface area contributed by atoms with Crippen LogP contribution in [0.5, 0.6) is 0 Å². The summed E-state index contributed by atoms with van der Waals surface area (Å²) < 4.78 is 0. The summed E-state index contributed by atoms with van der Waals surface area (Å²) in [5, 5.41) is 6.82. The van der Waals surface area contributed by atoms with Gasteiger partial charge in [0.1, 0.15) is 18.0 Å². The van der Waals surface area contributed by atoms with Crippen LogP contribution in [0.1, 0.15) is 46.0 Å².